The molecule has 12 rings (SSSR count). The van der Waals surface area contributed by atoms with Crippen molar-refractivity contribution in [2.75, 3.05) is 0 Å². The van der Waals surface area contributed by atoms with Crippen LogP contribution in [0, 0.1) is 45.4 Å². The number of esters is 1. The van der Waals surface area contributed by atoms with E-state index in [1.807, 2.05) is 0 Å². The molecule has 81 heavy (non-hydrogen) atoms. The predicted octanol–water partition coefficient (Wildman–Crippen LogP) is 11.2. The summed E-state index contributed by atoms with van der Waals surface area (Å²) in [6.45, 7) is 16.7. The Morgan fingerprint density at radius 1 is 0.383 bits per heavy atom. The maximum atomic E-state index is 13.1. The van der Waals surface area contributed by atoms with E-state index < -0.39 is 82.3 Å². The standard InChI is InChI=1S/C32H28O8.C30H26O11/c1-11-7-19(33)25(17-9-21-27(31(37)23(11)17)29(35)13(3)15(5)39-21)26-18-10-22-28(30(36)14(4)16(6)40-22)32(38)24(18)12(2)8-20(26)34;1-9-11(3)39-19-5-13-21(15(31)7-17(33)23(13)27(36)25(19)26(9)35)22-14-6-20-29(41-30(38)10(2)12(4)40-20)28(37)24(14)18(34)8-16(22)32/h7-10,13,15,33-34,37-38H,1-6H3;5-12,31-34,36-37H,1-4H3/t;9-,10-,11+,12-/m.1/s1. The van der Waals surface area contributed by atoms with Crippen molar-refractivity contribution < 1.29 is 88.8 Å². The van der Waals surface area contributed by atoms with Gasteiger partial charge in [0.25, 0.3) is 0 Å². The molecule has 19 heteroatoms. The first-order chi connectivity index (χ1) is 38.1. The number of phenolic OH excluding ortho intramolecular Hbond substituents is 10. The topological polar surface area (TPSA) is 321 Å². The molecule has 0 saturated heterocycles. The van der Waals surface area contributed by atoms with Crippen LogP contribution < -0.4 is 24.4 Å². The number of carbonyl (C=O) groups is 3. The summed E-state index contributed by atoms with van der Waals surface area (Å²) in [4.78, 5) is 51.8. The molecule has 3 aliphatic rings. The summed E-state index contributed by atoms with van der Waals surface area (Å²) < 4.78 is 29.1. The van der Waals surface area contributed by atoms with Crippen molar-refractivity contribution in [1.29, 1.82) is 0 Å². The van der Waals surface area contributed by atoms with Crippen molar-refractivity contribution >= 4 is 71.6 Å². The van der Waals surface area contributed by atoms with Crippen LogP contribution in [0.1, 0.15) is 84.7 Å². The molecule has 9 aromatic rings. The van der Waals surface area contributed by atoms with Crippen LogP contribution in [0.25, 0.3) is 76.3 Å². The zero-order valence-electron chi connectivity index (χ0n) is 45.2. The molecule has 0 bridgehead atoms. The quantitative estimate of drug-likeness (QED) is 0.0437. The third-order valence-corrected chi connectivity index (χ3v) is 16.5. The van der Waals surface area contributed by atoms with E-state index >= 15 is 0 Å². The van der Waals surface area contributed by atoms with E-state index in [9.17, 15) is 70.2 Å². The molecule has 416 valence electrons. The molecule has 0 fully saturated rings. The highest BCUT2D eigenvalue weighted by molar-refractivity contribution is 6.21. The first-order valence-electron chi connectivity index (χ1n) is 25.9. The summed E-state index contributed by atoms with van der Waals surface area (Å²) in [6.07, 6.45) is -1.65. The molecule has 3 aliphatic heterocycles. The van der Waals surface area contributed by atoms with Gasteiger partial charge in [-0.1, -0.05) is 13.8 Å². The smallest absolute Gasteiger partial charge is 0.318 e. The monoisotopic (exact) mass is 1100 g/mol. The number of aryl methyl sites for hydroxylation is 3. The molecular weight excluding hydrogens is 1050 g/mol. The fourth-order valence-electron chi connectivity index (χ4n) is 11.4. The van der Waals surface area contributed by atoms with Crippen molar-refractivity contribution in [2.45, 2.75) is 87.5 Å². The number of ketones is 2. The first-order valence-corrected chi connectivity index (χ1v) is 25.9. The van der Waals surface area contributed by atoms with Gasteiger partial charge in [0.05, 0.1) is 28.5 Å². The van der Waals surface area contributed by atoms with Gasteiger partial charge in [0, 0.05) is 72.3 Å². The molecule has 6 atom stereocenters. The number of aromatic hydroxyl groups is 10. The molecule has 8 aromatic carbocycles. The fraction of sp³-hybridized carbons (Fsp3) is 0.258. The number of rotatable bonds is 2. The van der Waals surface area contributed by atoms with Crippen LogP contribution in [0.3, 0.4) is 0 Å². The highest BCUT2D eigenvalue weighted by Crippen LogP contribution is 2.58. The molecule has 19 nitrogen and oxygen atoms in total. The van der Waals surface area contributed by atoms with Gasteiger partial charge in [0.15, 0.2) is 28.5 Å². The molecule has 0 spiro atoms. The molecular formula is C62H54O19. The van der Waals surface area contributed by atoms with Crippen molar-refractivity contribution in [2.24, 2.45) is 17.8 Å². The lowest BCUT2D eigenvalue weighted by atomic mass is 9.84. The second-order valence-corrected chi connectivity index (χ2v) is 21.4. The summed E-state index contributed by atoms with van der Waals surface area (Å²) in [5.41, 5.74) is 1.17. The van der Waals surface area contributed by atoms with Gasteiger partial charge in [-0.15, -0.1) is 0 Å². The van der Waals surface area contributed by atoms with Gasteiger partial charge in [-0.05, 0) is 103 Å². The number of Topliss-reactive ketones (excluding diaryl/α,β-unsaturated/α-hetero) is 2. The van der Waals surface area contributed by atoms with Gasteiger partial charge < -0.3 is 74.4 Å². The molecule has 2 unspecified atom stereocenters. The van der Waals surface area contributed by atoms with Crippen LogP contribution in [-0.4, -0.2) is 86.9 Å². The van der Waals surface area contributed by atoms with Crippen molar-refractivity contribution in [3.8, 4) is 103 Å². The minimum absolute atomic E-state index is 0.000591. The SMILES string of the molecule is C[C@@H]1Oc2cc3c(-c4c(O)cc(O)c5c(O)c6c(cc45)O[C@H](C)[C@@H](C)C(=O)O6)c(O)cc(O)c3c(O)c2C(=O)[C@@H]1C.Cc1oc2cc3c(-c4c(O)cc(C)c5c(O)c6c(cc45)OC(C)C(C)C6=O)c(O)cc(C)c3c(O)c2c(=O)c1C. The summed E-state index contributed by atoms with van der Waals surface area (Å²) in [5, 5.41) is 112. The molecule has 0 radical (unpaired) electrons. The maximum Gasteiger partial charge on any atom is 0.318 e. The van der Waals surface area contributed by atoms with E-state index in [1.54, 1.807) is 81.4 Å². The maximum absolute atomic E-state index is 13.1. The van der Waals surface area contributed by atoms with Gasteiger partial charge in [-0.2, -0.15) is 0 Å². The number of carbonyl (C=O) groups excluding carboxylic acids is 3. The minimum atomic E-state index is -0.696. The number of fused-ring (bicyclic) bond motifs is 8. The lowest BCUT2D eigenvalue weighted by Gasteiger charge is -2.29. The van der Waals surface area contributed by atoms with E-state index in [0.717, 1.165) is 12.1 Å². The number of ether oxygens (including phenoxy) is 4. The van der Waals surface area contributed by atoms with Crippen molar-refractivity contribution in [3.05, 3.63) is 92.3 Å². The van der Waals surface area contributed by atoms with Crippen LogP contribution in [0.2, 0.25) is 0 Å². The minimum Gasteiger partial charge on any atom is -0.507 e. The largest absolute Gasteiger partial charge is 0.507 e. The molecule has 0 aliphatic carbocycles. The van der Waals surface area contributed by atoms with Gasteiger partial charge in [0.2, 0.25) is 5.75 Å². The first kappa shape index (κ1) is 53.2. The third-order valence-electron chi connectivity index (χ3n) is 16.5. The van der Waals surface area contributed by atoms with Crippen LogP contribution >= 0.6 is 0 Å². The van der Waals surface area contributed by atoms with E-state index in [1.165, 1.54) is 24.3 Å². The molecule has 4 heterocycles. The molecule has 0 amide bonds. The Morgan fingerprint density at radius 2 is 0.765 bits per heavy atom. The van der Waals surface area contributed by atoms with Gasteiger partial charge in [-0.3, -0.25) is 19.2 Å². The summed E-state index contributed by atoms with van der Waals surface area (Å²) in [7, 11) is 0. The summed E-state index contributed by atoms with van der Waals surface area (Å²) in [5.74, 6) is -7.23. The van der Waals surface area contributed by atoms with E-state index in [4.69, 9.17) is 23.4 Å². The average molecular weight is 1100 g/mol. The highest BCUT2D eigenvalue weighted by atomic mass is 16.6. The van der Waals surface area contributed by atoms with Crippen LogP contribution in [0.4, 0.5) is 0 Å². The van der Waals surface area contributed by atoms with Crippen molar-refractivity contribution in [1.82, 2.24) is 0 Å². The lowest BCUT2D eigenvalue weighted by Crippen LogP contribution is -2.33. The number of hydrogen-bond acceptors (Lipinski definition) is 19. The van der Waals surface area contributed by atoms with Crippen LogP contribution in [0.5, 0.6) is 80.5 Å². The van der Waals surface area contributed by atoms with Crippen molar-refractivity contribution in [3.63, 3.8) is 0 Å². The Kier molecular flexibility index (Phi) is 12.1. The summed E-state index contributed by atoms with van der Waals surface area (Å²) >= 11 is 0. The Morgan fingerprint density at radius 3 is 1.26 bits per heavy atom. The Bertz CT molecular complexity index is 4440. The molecule has 10 N–H and O–H groups in total. The lowest BCUT2D eigenvalue weighted by molar-refractivity contribution is -0.139. The zero-order chi connectivity index (χ0) is 58.6. The van der Waals surface area contributed by atoms with Gasteiger partial charge >= 0.3 is 5.97 Å². The van der Waals surface area contributed by atoms with E-state index in [-0.39, 0.29) is 123 Å². The van der Waals surface area contributed by atoms with Gasteiger partial charge in [0.1, 0.15) is 109 Å². The molecule has 1 aromatic heterocycles. The summed E-state index contributed by atoms with van der Waals surface area (Å²) in [6, 6.07) is 10.6. The number of phenols is 10. The van der Waals surface area contributed by atoms with E-state index in [2.05, 4.69) is 0 Å². The van der Waals surface area contributed by atoms with E-state index in [0.29, 0.717) is 44.0 Å². The number of hydrogen-bond donors (Lipinski definition) is 10. The second-order valence-electron chi connectivity index (χ2n) is 21.4. The van der Waals surface area contributed by atoms with Crippen LogP contribution in [-0.2, 0) is 4.79 Å². The fourth-order valence-corrected chi connectivity index (χ4v) is 11.4. The predicted molar refractivity (Wildman–Crippen MR) is 297 cm³/mol. The van der Waals surface area contributed by atoms with Crippen LogP contribution in [0.15, 0.2) is 57.7 Å². The Balaban J connectivity index is 0.000000170. The second kappa shape index (κ2) is 18.4. The van der Waals surface area contributed by atoms with Gasteiger partial charge in [-0.25, -0.2) is 0 Å². The normalized spacial score (nSPS) is 19.5. The highest BCUT2D eigenvalue weighted by Gasteiger charge is 2.39. The Labute approximate surface area is 459 Å². The average Bonchev–Trinajstić information content (AvgIpc) is 2.14. The number of benzene rings is 8. The third kappa shape index (κ3) is 7.68. The molecule has 0 saturated carbocycles. The zero-order valence-corrected chi connectivity index (χ0v) is 45.2. The Hall–Kier alpha value is -9.78.